The van der Waals surface area contributed by atoms with Gasteiger partial charge in [0, 0.05) is 22.9 Å². The summed E-state index contributed by atoms with van der Waals surface area (Å²) in [6.07, 6.45) is 2.25. The maximum Gasteiger partial charge on any atom is 0.251 e. The van der Waals surface area contributed by atoms with Crippen LogP contribution in [-0.2, 0) is 17.6 Å². The van der Waals surface area contributed by atoms with Crippen molar-refractivity contribution in [3.8, 4) is 0 Å². The van der Waals surface area contributed by atoms with E-state index < -0.39 is 6.04 Å². The van der Waals surface area contributed by atoms with Crippen molar-refractivity contribution in [3.63, 3.8) is 0 Å². The summed E-state index contributed by atoms with van der Waals surface area (Å²) in [5.41, 5.74) is 3.07. The van der Waals surface area contributed by atoms with Gasteiger partial charge in [0.1, 0.15) is 5.58 Å². The van der Waals surface area contributed by atoms with Crippen LogP contribution in [0.1, 0.15) is 21.5 Å². The Balaban J connectivity index is 1.57. The molecule has 1 heterocycles. The Morgan fingerprint density at radius 3 is 2.31 bits per heavy atom. The molecule has 29 heavy (non-hydrogen) atoms. The zero-order chi connectivity index (χ0) is 20.1. The lowest BCUT2D eigenvalue weighted by atomic mass is 9.96. The summed E-state index contributed by atoms with van der Waals surface area (Å²) in [6.45, 7) is 0. The number of fused-ring (bicyclic) bond motifs is 1. The molecule has 0 aliphatic rings. The number of nitrogens with one attached hydrogen (secondary N) is 1. The highest BCUT2D eigenvalue weighted by Crippen LogP contribution is 2.21. The zero-order valence-corrected chi connectivity index (χ0v) is 15.9. The van der Waals surface area contributed by atoms with Gasteiger partial charge in [0.05, 0.1) is 12.3 Å². The summed E-state index contributed by atoms with van der Waals surface area (Å²) in [5.74, 6) is -0.307. The molecule has 0 bridgehead atoms. The van der Waals surface area contributed by atoms with Gasteiger partial charge in [0.25, 0.3) is 5.91 Å². The average molecular weight is 383 g/mol. The summed E-state index contributed by atoms with van der Waals surface area (Å²) in [6, 6.07) is 25.7. The molecule has 1 unspecified atom stereocenters. The number of carbonyl (C=O) groups excluding carboxylic acids is 2. The number of para-hydroxylation sites is 1. The molecule has 144 valence electrons. The van der Waals surface area contributed by atoms with E-state index in [1.54, 1.807) is 30.5 Å². The summed E-state index contributed by atoms with van der Waals surface area (Å²) < 4.78 is 5.56. The molecule has 0 fully saturated rings. The van der Waals surface area contributed by atoms with Gasteiger partial charge in [-0.25, -0.2) is 0 Å². The predicted octanol–water partition coefficient (Wildman–Crippen LogP) is 4.59. The number of Topliss-reactive ketones (excluding diaryl/α,β-unsaturated/α-hetero) is 1. The zero-order valence-electron chi connectivity index (χ0n) is 15.9. The molecular formula is C25H21NO3. The number of rotatable bonds is 7. The van der Waals surface area contributed by atoms with E-state index in [4.69, 9.17) is 4.42 Å². The number of furan rings is 1. The van der Waals surface area contributed by atoms with Crippen molar-refractivity contribution < 1.29 is 14.0 Å². The standard InChI is InChI=1S/C25H21NO3/c27-23(17-21-13-7-12-19-14-15-29-24(19)21)22(16-18-8-3-1-4-9-18)26-25(28)20-10-5-2-6-11-20/h1-15,22H,16-17H2,(H,26,28). The van der Waals surface area contributed by atoms with E-state index >= 15 is 0 Å². The summed E-state index contributed by atoms with van der Waals surface area (Å²) in [4.78, 5) is 25.9. The third-order valence-corrected chi connectivity index (χ3v) is 4.94. The first-order valence-electron chi connectivity index (χ1n) is 9.58. The summed E-state index contributed by atoms with van der Waals surface area (Å²) >= 11 is 0. The third kappa shape index (κ3) is 4.43. The molecule has 4 nitrogen and oxygen atoms in total. The Kier molecular flexibility index (Phi) is 5.52. The molecule has 0 spiro atoms. The van der Waals surface area contributed by atoms with E-state index in [1.165, 1.54) is 0 Å². The largest absolute Gasteiger partial charge is 0.464 e. The van der Waals surface area contributed by atoms with Gasteiger partial charge in [-0.1, -0.05) is 66.7 Å². The smallest absolute Gasteiger partial charge is 0.251 e. The second-order valence-electron chi connectivity index (χ2n) is 6.98. The molecular weight excluding hydrogens is 362 g/mol. The van der Waals surface area contributed by atoms with Crippen LogP contribution in [0.5, 0.6) is 0 Å². The minimum absolute atomic E-state index is 0.0537. The molecule has 4 heteroatoms. The maximum absolute atomic E-state index is 13.2. The number of amides is 1. The topological polar surface area (TPSA) is 59.3 Å². The van der Waals surface area contributed by atoms with Gasteiger partial charge in [-0.3, -0.25) is 9.59 Å². The van der Waals surface area contributed by atoms with Gasteiger partial charge < -0.3 is 9.73 Å². The first-order valence-corrected chi connectivity index (χ1v) is 9.58. The second-order valence-corrected chi connectivity index (χ2v) is 6.98. The third-order valence-electron chi connectivity index (χ3n) is 4.94. The Bertz CT molecular complexity index is 1120. The molecule has 1 N–H and O–H groups in total. The normalized spacial score (nSPS) is 11.9. The molecule has 0 aliphatic carbocycles. The van der Waals surface area contributed by atoms with Crippen molar-refractivity contribution in [2.75, 3.05) is 0 Å². The summed E-state index contributed by atoms with van der Waals surface area (Å²) in [5, 5.41) is 3.89. The van der Waals surface area contributed by atoms with E-state index in [-0.39, 0.29) is 18.1 Å². The fourth-order valence-corrected chi connectivity index (χ4v) is 3.43. The molecule has 1 amide bonds. The Morgan fingerprint density at radius 2 is 1.55 bits per heavy atom. The molecule has 4 aromatic rings. The van der Waals surface area contributed by atoms with Gasteiger partial charge >= 0.3 is 0 Å². The molecule has 0 aliphatic heterocycles. The first-order chi connectivity index (χ1) is 14.2. The van der Waals surface area contributed by atoms with Crippen molar-refractivity contribution in [3.05, 3.63) is 108 Å². The highest BCUT2D eigenvalue weighted by Gasteiger charge is 2.23. The number of benzene rings is 3. The fraction of sp³-hybridized carbons (Fsp3) is 0.120. The van der Waals surface area contributed by atoms with Crippen molar-refractivity contribution in [1.29, 1.82) is 0 Å². The van der Waals surface area contributed by atoms with Crippen LogP contribution in [0.4, 0.5) is 0 Å². The van der Waals surface area contributed by atoms with E-state index in [2.05, 4.69) is 5.32 Å². The Labute approximate surface area is 169 Å². The number of hydrogen-bond acceptors (Lipinski definition) is 3. The molecule has 1 atom stereocenters. The second kappa shape index (κ2) is 8.57. The van der Waals surface area contributed by atoms with Crippen LogP contribution >= 0.6 is 0 Å². The summed E-state index contributed by atoms with van der Waals surface area (Å²) in [7, 11) is 0. The van der Waals surface area contributed by atoms with Gasteiger partial charge in [-0.15, -0.1) is 0 Å². The lowest BCUT2D eigenvalue weighted by molar-refractivity contribution is -0.120. The SMILES string of the molecule is O=C(NC(Cc1ccccc1)C(=O)Cc1cccc2ccoc12)c1ccccc1. The Morgan fingerprint density at radius 1 is 0.828 bits per heavy atom. The van der Waals surface area contributed by atoms with Crippen LogP contribution in [0, 0.1) is 0 Å². The molecule has 0 radical (unpaired) electrons. The minimum atomic E-state index is -0.629. The van der Waals surface area contributed by atoms with Crippen LogP contribution in [0.3, 0.4) is 0 Å². The van der Waals surface area contributed by atoms with E-state index in [9.17, 15) is 9.59 Å². The highest BCUT2D eigenvalue weighted by molar-refractivity contribution is 5.99. The molecule has 0 saturated heterocycles. The van der Waals surface area contributed by atoms with Crippen molar-refractivity contribution in [2.24, 2.45) is 0 Å². The van der Waals surface area contributed by atoms with Crippen molar-refractivity contribution >= 4 is 22.7 Å². The number of ketones is 1. The minimum Gasteiger partial charge on any atom is -0.464 e. The maximum atomic E-state index is 13.2. The van der Waals surface area contributed by atoms with Crippen molar-refractivity contribution in [2.45, 2.75) is 18.9 Å². The number of carbonyl (C=O) groups is 2. The molecule has 0 saturated carbocycles. The van der Waals surface area contributed by atoms with Crippen LogP contribution < -0.4 is 5.32 Å². The van der Waals surface area contributed by atoms with Crippen molar-refractivity contribution in [1.82, 2.24) is 5.32 Å². The van der Waals surface area contributed by atoms with Gasteiger partial charge in [0.15, 0.2) is 5.78 Å². The lowest BCUT2D eigenvalue weighted by Crippen LogP contribution is -2.43. The predicted molar refractivity (Wildman–Crippen MR) is 113 cm³/mol. The number of hydrogen-bond donors (Lipinski definition) is 1. The highest BCUT2D eigenvalue weighted by atomic mass is 16.3. The molecule has 4 rings (SSSR count). The van der Waals surface area contributed by atoms with Crippen LogP contribution in [0.2, 0.25) is 0 Å². The van der Waals surface area contributed by atoms with Crippen LogP contribution in [0.25, 0.3) is 11.0 Å². The van der Waals surface area contributed by atoms with Gasteiger partial charge in [-0.2, -0.15) is 0 Å². The van der Waals surface area contributed by atoms with Crippen LogP contribution in [0.15, 0.2) is 95.6 Å². The first kappa shape index (κ1) is 18.7. The van der Waals surface area contributed by atoms with Gasteiger partial charge in [0.2, 0.25) is 0 Å². The van der Waals surface area contributed by atoms with Crippen LogP contribution in [-0.4, -0.2) is 17.7 Å². The fourth-order valence-electron chi connectivity index (χ4n) is 3.43. The average Bonchev–Trinajstić information content (AvgIpc) is 3.24. The Hall–Kier alpha value is -3.66. The van der Waals surface area contributed by atoms with E-state index in [0.29, 0.717) is 17.6 Å². The molecule has 3 aromatic carbocycles. The lowest BCUT2D eigenvalue weighted by Gasteiger charge is -2.18. The quantitative estimate of drug-likeness (QED) is 0.508. The van der Waals surface area contributed by atoms with E-state index in [1.807, 2.05) is 60.7 Å². The van der Waals surface area contributed by atoms with E-state index in [0.717, 1.165) is 16.5 Å². The van der Waals surface area contributed by atoms with Gasteiger partial charge in [-0.05, 0) is 30.2 Å². The molecule has 1 aromatic heterocycles. The monoisotopic (exact) mass is 383 g/mol.